The van der Waals surface area contributed by atoms with Crippen molar-refractivity contribution in [2.75, 3.05) is 51.5 Å². The fraction of sp³-hybridized carbons (Fsp3) is 0.484. The highest BCUT2D eigenvalue weighted by atomic mass is 32.2. The van der Waals surface area contributed by atoms with E-state index in [9.17, 15) is 30.8 Å². The number of fused-ring (bicyclic) bond motifs is 1. The van der Waals surface area contributed by atoms with Gasteiger partial charge in [-0.1, -0.05) is 18.8 Å². The van der Waals surface area contributed by atoms with Crippen LogP contribution in [-0.4, -0.2) is 93.2 Å². The van der Waals surface area contributed by atoms with Gasteiger partial charge in [-0.25, -0.2) is 17.8 Å². The number of alkyl halides is 3. The second kappa shape index (κ2) is 13.5. The minimum absolute atomic E-state index is 0.0580. The number of likely N-dealkylation sites (tertiary alicyclic amines) is 1. The summed E-state index contributed by atoms with van der Waals surface area (Å²) >= 11 is 0. The van der Waals surface area contributed by atoms with Crippen LogP contribution in [0.3, 0.4) is 0 Å². The monoisotopic (exact) mass is 665 g/mol. The maximum Gasteiger partial charge on any atom is 0.406 e. The smallest absolute Gasteiger partial charge is 0.406 e. The van der Waals surface area contributed by atoms with E-state index in [1.54, 1.807) is 0 Å². The Morgan fingerprint density at radius 3 is 2.65 bits per heavy atom. The van der Waals surface area contributed by atoms with Crippen molar-refractivity contribution in [2.24, 2.45) is 5.92 Å². The van der Waals surface area contributed by atoms with E-state index in [1.165, 1.54) is 19.2 Å². The molecule has 0 spiro atoms. The number of nitrogens with one attached hydrogen (secondary N) is 2. The van der Waals surface area contributed by atoms with Crippen LogP contribution in [0.1, 0.15) is 35.7 Å². The van der Waals surface area contributed by atoms with Crippen LogP contribution in [0.5, 0.6) is 5.75 Å². The van der Waals surface area contributed by atoms with E-state index in [2.05, 4.69) is 39.3 Å². The van der Waals surface area contributed by atoms with E-state index in [-0.39, 0.29) is 52.1 Å². The van der Waals surface area contributed by atoms with Gasteiger partial charge >= 0.3 is 6.18 Å². The number of hydrogen-bond donors (Lipinski definition) is 2. The molecule has 2 aliphatic rings. The van der Waals surface area contributed by atoms with Crippen LogP contribution < -0.4 is 15.4 Å². The summed E-state index contributed by atoms with van der Waals surface area (Å²) in [7, 11) is -2.53. The Morgan fingerprint density at radius 1 is 1.22 bits per heavy atom. The minimum atomic E-state index is -4.52. The predicted molar refractivity (Wildman–Crippen MR) is 163 cm³/mol. The van der Waals surface area contributed by atoms with E-state index in [4.69, 9.17) is 9.47 Å². The standard InChI is InChI=1S/C31H35F4N5O5S/c1-19-15-39(21-7-10-45-16-21)9-6-24(19)38-30(41)22-11-20(12-26-29(22)37-18-40(26)17-31(33,34)35)5-4-8-36-25-13-23(32)28(46(3,42)43)14-27(25)44-2/h11-14,18-19,21,24,36H,6-10,15-17H2,1-3H3,(H,38,41)/t19-,21?,24-/m0/s1. The molecule has 1 amide bonds. The van der Waals surface area contributed by atoms with E-state index >= 15 is 0 Å². The summed E-state index contributed by atoms with van der Waals surface area (Å²) in [5.74, 6) is 4.47. The summed E-state index contributed by atoms with van der Waals surface area (Å²) in [4.78, 5) is 19.6. The molecule has 2 aromatic carbocycles. The van der Waals surface area contributed by atoms with Crippen molar-refractivity contribution in [1.82, 2.24) is 19.8 Å². The van der Waals surface area contributed by atoms with Crippen LogP contribution in [0.25, 0.3) is 11.0 Å². The lowest BCUT2D eigenvalue weighted by atomic mass is 9.92. The second-order valence-corrected chi connectivity index (χ2v) is 13.6. The van der Waals surface area contributed by atoms with Crippen molar-refractivity contribution in [1.29, 1.82) is 0 Å². The largest absolute Gasteiger partial charge is 0.495 e. The first-order valence-electron chi connectivity index (χ1n) is 14.7. The van der Waals surface area contributed by atoms with Gasteiger partial charge in [-0.3, -0.25) is 9.69 Å². The van der Waals surface area contributed by atoms with E-state index in [0.29, 0.717) is 12.6 Å². The minimum Gasteiger partial charge on any atom is -0.495 e. The number of methoxy groups -OCH3 is 1. The second-order valence-electron chi connectivity index (χ2n) is 11.6. The lowest BCUT2D eigenvalue weighted by Gasteiger charge is -2.39. The summed E-state index contributed by atoms with van der Waals surface area (Å²) < 4.78 is 89.8. The molecular formula is C31H35F4N5O5S. The highest BCUT2D eigenvalue weighted by Gasteiger charge is 2.33. The number of nitrogens with zero attached hydrogens (tertiary/aromatic N) is 3. The molecule has 2 aliphatic heterocycles. The van der Waals surface area contributed by atoms with Gasteiger partial charge in [0.05, 0.1) is 43.4 Å². The number of benzene rings is 2. The zero-order valence-corrected chi connectivity index (χ0v) is 26.4. The van der Waals surface area contributed by atoms with Gasteiger partial charge in [-0.2, -0.15) is 13.2 Å². The highest BCUT2D eigenvalue weighted by Crippen LogP contribution is 2.30. The number of ether oxygens (including phenoxy) is 2. The Bertz CT molecular complexity index is 1780. The van der Waals surface area contributed by atoms with Crippen LogP contribution in [0.2, 0.25) is 0 Å². The zero-order chi connectivity index (χ0) is 33.2. The Labute approximate surface area is 264 Å². The van der Waals surface area contributed by atoms with Gasteiger partial charge < -0.3 is 24.7 Å². The van der Waals surface area contributed by atoms with Crippen molar-refractivity contribution in [3.8, 4) is 17.6 Å². The van der Waals surface area contributed by atoms with Crippen LogP contribution in [0.4, 0.5) is 23.2 Å². The molecule has 0 bridgehead atoms. The molecular weight excluding hydrogens is 630 g/mol. The first-order valence-corrected chi connectivity index (χ1v) is 16.6. The summed E-state index contributed by atoms with van der Waals surface area (Å²) in [6.45, 7) is 3.74. The molecule has 1 unspecified atom stereocenters. The Morgan fingerprint density at radius 2 is 2.00 bits per heavy atom. The first-order chi connectivity index (χ1) is 21.7. The molecule has 3 atom stereocenters. The molecule has 1 aromatic heterocycles. The molecule has 15 heteroatoms. The number of carbonyl (C=O) groups is 1. The third kappa shape index (κ3) is 7.73. The maximum atomic E-state index is 14.5. The molecule has 248 valence electrons. The molecule has 10 nitrogen and oxygen atoms in total. The van der Waals surface area contributed by atoms with Crippen LogP contribution in [0.15, 0.2) is 35.5 Å². The molecule has 3 heterocycles. The lowest BCUT2D eigenvalue weighted by molar-refractivity contribution is -0.139. The number of halogens is 4. The molecule has 2 saturated heterocycles. The van der Waals surface area contributed by atoms with E-state index < -0.39 is 39.2 Å². The Kier molecular flexibility index (Phi) is 9.81. The number of piperidine rings is 1. The van der Waals surface area contributed by atoms with Crippen LogP contribution in [0, 0.1) is 23.6 Å². The Balaban J connectivity index is 1.37. The number of hydrogen-bond acceptors (Lipinski definition) is 8. The fourth-order valence-electron chi connectivity index (χ4n) is 5.92. The SMILES string of the molecule is COc1cc(S(C)(=O)=O)c(F)cc1NCC#Cc1cc(C(=O)N[C@H]2CCN(C3CCOC3)C[C@@H]2C)c2ncn(CC(F)(F)F)c2c1. The number of sulfone groups is 1. The lowest BCUT2D eigenvalue weighted by Crippen LogP contribution is -2.52. The fourth-order valence-corrected chi connectivity index (χ4v) is 6.65. The van der Waals surface area contributed by atoms with Crippen molar-refractivity contribution >= 4 is 32.5 Å². The van der Waals surface area contributed by atoms with Crippen molar-refractivity contribution in [2.45, 2.75) is 49.5 Å². The topological polar surface area (TPSA) is 115 Å². The van der Waals surface area contributed by atoms with Gasteiger partial charge in [0, 0.05) is 55.7 Å². The normalized spacial score (nSPS) is 20.7. The zero-order valence-electron chi connectivity index (χ0n) is 25.6. The molecule has 2 fully saturated rings. The van der Waals surface area contributed by atoms with Gasteiger partial charge in [-0.05, 0) is 30.9 Å². The van der Waals surface area contributed by atoms with Crippen molar-refractivity contribution in [3.05, 3.63) is 47.5 Å². The van der Waals surface area contributed by atoms with E-state index in [0.717, 1.165) is 61.8 Å². The van der Waals surface area contributed by atoms with Crippen molar-refractivity contribution < 1.29 is 40.2 Å². The Hall–Kier alpha value is -3.87. The number of carbonyl (C=O) groups excluding carboxylic acids is 1. The van der Waals surface area contributed by atoms with Crippen LogP contribution >= 0.6 is 0 Å². The molecule has 0 radical (unpaired) electrons. The average molecular weight is 666 g/mol. The summed E-state index contributed by atoms with van der Waals surface area (Å²) in [5, 5.41) is 5.93. The highest BCUT2D eigenvalue weighted by molar-refractivity contribution is 7.90. The number of anilines is 1. The molecule has 0 aliphatic carbocycles. The van der Waals surface area contributed by atoms with Gasteiger partial charge in [0.1, 0.15) is 28.5 Å². The predicted octanol–water partition coefficient (Wildman–Crippen LogP) is 3.84. The molecule has 3 aromatic rings. The first kappa shape index (κ1) is 33.5. The van der Waals surface area contributed by atoms with Crippen LogP contribution in [-0.2, 0) is 21.1 Å². The molecule has 5 rings (SSSR count). The quantitative estimate of drug-likeness (QED) is 0.276. The number of aromatic nitrogens is 2. The van der Waals surface area contributed by atoms with Gasteiger partial charge in [0.15, 0.2) is 9.84 Å². The van der Waals surface area contributed by atoms with E-state index in [1.807, 2.05) is 0 Å². The third-order valence-corrected chi connectivity index (χ3v) is 9.36. The number of rotatable bonds is 8. The maximum absolute atomic E-state index is 14.5. The number of amides is 1. The third-order valence-electron chi connectivity index (χ3n) is 8.25. The average Bonchev–Trinajstić information content (AvgIpc) is 3.65. The molecule has 0 saturated carbocycles. The van der Waals surface area contributed by atoms with Gasteiger partial charge in [-0.15, -0.1) is 0 Å². The van der Waals surface area contributed by atoms with Crippen molar-refractivity contribution in [3.63, 3.8) is 0 Å². The van der Waals surface area contributed by atoms with Gasteiger partial charge in [0.2, 0.25) is 0 Å². The summed E-state index contributed by atoms with van der Waals surface area (Å²) in [5.41, 5.74) is 0.769. The summed E-state index contributed by atoms with van der Waals surface area (Å²) in [6, 6.07) is 5.20. The van der Waals surface area contributed by atoms with Gasteiger partial charge in [0.25, 0.3) is 5.91 Å². The molecule has 2 N–H and O–H groups in total. The molecule has 46 heavy (non-hydrogen) atoms. The summed E-state index contributed by atoms with van der Waals surface area (Å²) in [6.07, 6.45) is -0.886. The number of imidazole rings is 1.